The third-order valence-electron chi connectivity index (χ3n) is 26.0. The zero-order chi connectivity index (χ0) is 70.2. The molecule has 0 amide bonds. The molecule has 506 valence electrons. The number of hydrogen-bond acceptors (Lipinski definition) is 4. The Morgan fingerprint density at radius 2 is 0.466 bits per heavy atom. The molecule has 10 aliphatic rings. The first-order valence-corrected chi connectivity index (χ1v) is 57.1. The first kappa shape index (κ1) is 65.7. The Labute approximate surface area is 613 Å². The van der Waals surface area contributed by atoms with Crippen LogP contribution in [0.25, 0.3) is 0 Å². The van der Waals surface area contributed by atoms with Crippen LogP contribution in [0, 0.1) is 0 Å². The Morgan fingerprint density at radius 1 is 0.272 bits per heavy atom. The van der Waals surface area contributed by atoms with Gasteiger partial charge in [-0.25, -0.2) is 0 Å². The molecule has 2 heterocycles. The van der Waals surface area contributed by atoms with Gasteiger partial charge in [0.2, 0.25) is 0 Å². The van der Waals surface area contributed by atoms with Crippen molar-refractivity contribution in [2.75, 3.05) is 0 Å². The molecule has 8 aromatic rings. The van der Waals surface area contributed by atoms with Crippen molar-refractivity contribution >= 4 is 34.7 Å². The van der Waals surface area contributed by atoms with Gasteiger partial charge in [-0.2, -0.15) is 0 Å². The Balaban J connectivity index is 0.924. The molecule has 8 atom stereocenters. The molecule has 103 heavy (non-hydrogen) atoms. The molecule has 0 radical (unpaired) electrons. The first-order valence-electron chi connectivity index (χ1n) is 36.4. The summed E-state index contributed by atoms with van der Waals surface area (Å²) in [5.41, 5.74) is 20.4. The third kappa shape index (κ3) is 8.32. The van der Waals surface area contributed by atoms with Crippen LogP contribution in [0.5, 0.6) is 46.0 Å². The number of ether oxygens (including phenoxy) is 4. The molecule has 4 nitrogen and oxygen atoms in total. The second-order valence-electron chi connectivity index (χ2n) is 29.9. The number of halogens is 2. The van der Waals surface area contributed by atoms with E-state index in [0.717, 1.165) is 46.0 Å². The minimum absolute atomic E-state index is 0.131. The fourth-order valence-electron chi connectivity index (χ4n) is 23.4. The van der Waals surface area contributed by atoms with Crippen LogP contribution in [0.2, 0.25) is 24.3 Å². The Hall–Kier alpha value is -9.32. The molecule has 0 aromatic heterocycles. The SMILES string of the molecule is CC1=CC2=C(C=CC=CC2c2ccc(Oc3ccccc3)cc2)[C]12[SiH](C)[C]1(C(C)=CC3=C1C=CC=CC3c1ccc(Oc3ccccc3)cc1)[Hf]21([Cl])([Cl])[C]2(C(C)=CC3=C2C=CC=CC3c2ccc(Oc3ccccc3)cc2)[SiH](C)[C]12C(C)=CC1=C2C=CC=CC1c1ccc(Oc2ccccc2)cc1. The van der Waals surface area contributed by atoms with Gasteiger partial charge in [0, 0.05) is 0 Å². The van der Waals surface area contributed by atoms with E-state index in [0.29, 0.717) is 0 Å². The normalized spacial score (nSPS) is 29.3. The minimum atomic E-state index is -7.96. The maximum atomic E-state index is 11.5. The number of fused-ring (bicyclic) bond motifs is 8. The van der Waals surface area contributed by atoms with Crippen LogP contribution in [-0.4, -0.2) is 17.6 Å². The second-order valence-corrected chi connectivity index (χ2v) is 84.2. The van der Waals surface area contributed by atoms with Crippen LogP contribution in [-0.2, 0) is 14.7 Å². The molecule has 5 spiro atoms. The van der Waals surface area contributed by atoms with Gasteiger partial charge in [0.05, 0.1) is 0 Å². The molecule has 0 bridgehead atoms. The van der Waals surface area contributed by atoms with Crippen LogP contribution < -0.4 is 18.9 Å². The van der Waals surface area contributed by atoms with Gasteiger partial charge in [0.25, 0.3) is 0 Å². The summed E-state index contributed by atoms with van der Waals surface area (Å²) in [6, 6.07) is 75.5. The Kier molecular flexibility index (Phi) is 15.4. The average Bonchev–Trinajstić information content (AvgIpc) is 1.51. The third-order valence-corrected chi connectivity index (χ3v) is 143. The number of benzene rings is 8. The molecule has 0 saturated carbocycles. The van der Waals surface area contributed by atoms with Crippen molar-refractivity contribution in [2.45, 2.75) is 75.6 Å². The van der Waals surface area contributed by atoms with Gasteiger partial charge in [-0.05, 0) is 0 Å². The summed E-state index contributed by atoms with van der Waals surface area (Å²) in [5.74, 6) is 5.85. The molecular weight excluding hydrogens is 1500 g/mol. The molecule has 2 aliphatic heterocycles. The van der Waals surface area contributed by atoms with Crippen molar-refractivity contribution < 1.29 is 33.6 Å². The van der Waals surface area contributed by atoms with E-state index in [9.17, 15) is 17.2 Å². The van der Waals surface area contributed by atoms with E-state index < -0.39 is 43.4 Å². The van der Waals surface area contributed by atoms with Gasteiger partial charge in [-0.15, -0.1) is 0 Å². The predicted octanol–water partition coefficient (Wildman–Crippen LogP) is 25.9. The van der Waals surface area contributed by atoms with E-state index in [-0.39, 0.29) is 23.7 Å². The molecule has 8 aromatic carbocycles. The number of hydrogen-bond donors (Lipinski definition) is 0. The van der Waals surface area contributed by atoms with Gasteiger partial charge in [0.15, 0.2) is 0 Å². The van der Waals surface area contributed by atoms with Crippen molar-refractivity contribution in [3.63, 3.8) is 0 Å². The Bertz CT molecular complexity index is 4740. The molecule has 2 fully saturated rings. The van der Waals surface area contributed by atoms with Gasteiger partial charge in [0.1, 0.15) is 0 Å². The van der Waals surface area contributed by atoms with E-state index in [4.69, 9.17) is 18.9 Å². The van der Waals surface area contributed by atoms with Crippen LogP contribution in [0.4, 0.5) is 0 Å². The van der Waals surface area contributed by atoms with Crippen molar-refractivity contribution in [3.8, 4) is 46.0 Å². The van der Waals surface area contributed by atoms with E-state index in [1.807, 2.05) is 121 Å². The van der Waals surface area contributed by atoms with E-state index in [1.165, 1.54) is 89.1 Å². The number of rotatable bonds is 12. The van der Waals surface area contributed by atoms with Gasteiger partial charge in [-0.3, -0.25) is 0 Å². The van der Waals surface area contributed by atoms with Gasteiger partial charge < -0.3 is 0 Å². The summed E-state index contributed by atoms with van der Waals surface area (Å²) < 4.78 is 22.8. The van der Waals surface area contributed by atoms with Gasteiger partial charge >= 0.3 is 595 Å². The quantitative estimate of drug-likeness (QED) is 0.114. The van der Waals surface area contributed by atoms with E-state index in [2.05, 4.69) is 259 Å². The van der Waals surface area contributed by atoms with Crippen molar-refractivity contribution in [3.05, 3.63) is 429 Å². The van der Waals surface area contributed by atoms with Crippen LogP contribution in [0.1, 0.15) is 73.6 Å². The van der Waals surface area contributed by atoms with Crippen molar-refractivity contribution in [2.24, 2.45) is 0 Å². The van der Waals surface area contributed by atoms with E-state index >= 15 is 0 Å². The molecule has 8 aliphatic carbocycles. The zero-order valence-corrected chi connectivity index (χ0v) is 66.1. The first-order chi connectivity index (χ1) is 50.2. The van der Waals surface area contributed by atoms with E-state index in [1.54, 1.807) is 0 Å². The van der Waals surface area contributed by atoms with Crippen LogP contribution >= 0.6 is 17.2 Å². The number of allylic oxidation sites excluding steroid dienone is 32. The summed E-state index contributed by atoms with van der Waals surface area (Å²) in [7, 11) is 17.8. The standard InChI is InChI=1S/2C47H40O2Si.2ClH.Hf/c2*1-32-30-44-40(34-22-26-38(27-23-34)48-36-14-6-4-7-15-36)18-10-12-20-42(44)46(32)50(3)47-33(2)31-45-41(19-11-13-21-43(45)47)35-24-28-39(29-25-35)49-37-16-8-5-9-17-37;;;/h2*4-31,40-41,50H,1-3H3;2*1H;/q;;;;+2/p-2. The molecule has 9 heteroatoms. The fraction of sp³-hybridized carbons (Fsp3) is 0.149. The summed E-state index contributed by atoms with van der Waals surface area (Å²) >= 11 is -7.96. The summed E-state index contributed by atoms with van der Waals surface area (Å²) in [4.78, 5) is 0. The Morgan fingerprint density at radius 3 is 0.670 bits per heavy atom. The van der Waals surface area contributed by atoms with Crippen molar-refractivity contribution in [1.29, 1.82) is 0 Å². The predicted molar refractivity (Wildman–Crippen MR) is 428 cm³/mol. The summed E-state index contributed by atoms with van der Waals surface area (Å²) in [6.45, 7) is 15.4. The molecule has 18 rings (SSSR count). The average molecular weight is 1580 g/mol. The second kappa shape index (κ2) is 24.1. The van der Waals surface area contributed by atoms with Crippen LogP contribution in [0.3, 0.4) is 0 Å². The van der Waals surface area contributed by atoms with Crippen molar-refractivity contribution in [1.82, 2.24) is 0 Å². The number of para-hydroxylation sites is 4. The fourth-order valence-corrected chi connectivity index (χ4v) is 195. The molecule has 0 N–H and O–H groups in total. The molecule has 8 unspecified atom stereocenters. The van der Waals surface area contributed by atoms with Gasteiger partial charge in [-0.1, -0.05) is 24.3 Å². The zero-order valence-electron chi connectivity index (χ0n) is 58.7. The molecular formula is C94H80Cl2HfO4Si2. The maximum absolute atomic E-state index is 11.5. The summed E-state index contributed by atoms with van der Waals surface area (Å²) in [6.07, 6.45) is 48.6. The van der Waals surface area contributed by atoms with Crippen LogP contribution in [0.15, 0.2) is 407 Å². The topological polar surface area (TPSA) is 36.9 Å². The summed E-state index contributed by atoms with van der Waals surface area (Å²) in [5, 5.41) is 0. The monoisotopic (exact) mass is 1580 g/mol. The molecule has 2 saturated heterocycles.